The van der Waals surface area contributed by atoms with Crippen LogP contribution in [0.5, 0.6) is 5.88 Å². The Morgan fingerprint density at radius 2 is 2.00 bits per heavy atom. The Kier molecular flexibility index (Phi) is 4.73. The van der Waals surface area contributed by atoms with Gasteiger partial charge in [0.1, 0.15) is 17.8 Å². The monoisotopic (exact) mass is 405 g/mol. The fraction of sp³-hybridized carbons (Fsp3) is 0.583. The van der Waals surface area contributed by atoms with Gasteiger partial charge in [-0.1, -0.05) is 0 Å². The molecule has 1 fully saturated rings. The second kappa shape index (κ2) is 6.00. The minimum absolute atomic E-state index is 0.110. The predicted octanol–water partition coefficient (Wildman–Crippen LogP) is 3.60. The van der Waals surface area contributed by atoms with Crippen LogP contribution in [0.1, 0.15) is 18.4 Å². The van der Waals surface area contributed by atoms with E-state index in [0.29, 0.717) is 3.57 Å². The summed E-state index contributed by atoms with van der Waals surface area (Å²) in [5.74, 6) is -0.582. The van der Waals surface area contributed by atoms with Crippen molar-refractivity contribution in [3.63, 3.8) is 0 Å². The van der Waals surface area contributed by atoms with E-state index in [9.17, 15) is 17.6 Å². The van der Waals surface area contributed by atoms with Crippen molar-refractivity contribution in [2.24, 2.45) is 0 Å². The molecule has 8 heteroatoms. The lowest BCUT2D eigenvalue weighted by Crippen LogP contribution is -2.37. The van der Waals surface area contributed by atoms with Crippen LogP contribution >= 0.6 is 22.6 Å². The van der Waals surface area contributed by atoms with E-state index in [-0.39, 0.29) is 26.1 Å². The Morgan fingerprint density at radius 3 is 2.60 bits per heavy atom. The quantitative estimate of drug-likeness (QED) is 0.569. The summed E-state index contributed by atoms with van der Waals surface area (Å²) in [5, 5.41) is 0. The number of nitrogens with zero attached hydrogens (tertiary/aromatic N) is 1. The fourth-order valence-corrected chi connectivity index (χ4v) is 2.27. The van der Waals surface area contributed by atoms with Gasteiger partial charge in [0, 0.05) is 35.8 Å². The molecule has 112 valence electrons. The van der Waals surface area contributed by atoms with Crippen LogP contribution in [0.2, 0.25) is 0 Å². The molecule has 0 atom stereocenters. The Hall–Kier alpha value is -0.640. The SMILES string of the molecule is FC1(COc2ncc(I)cc2C(F)(F)F)CCOCC1. The molecular formula is C12H12F4INO2. The summed E-state index contributed by atoms with van der Waals surface area (Å²) in [5.41, 5.74) is -2.65. The number of halogens is 5. The Bertz CT molecular complexity index is 475. The third kappa shape index (κ3) is 3.94. The van der Waals surface area contributed by atoms with Gasteiger partial charge >= 0.3 is 6.18 Å². The lowest BCUT2D eigenvalue weighted by molar-refractivity contribution is -0.140. The number of alkyl halides is 4. The summed E-state index contributed by atoms with van der Waals surface area (Å²) in [4.78, 5) is 3.61. The molecule has 1 saturated heterocycles. The van der Waals surface area contributed by atoms with Gasteiger partial charge in [-0.15, -0.1) is 0 Å². The van der Waals surface area contributed by atoms with Gasteiger partial charge in [0.05, 0.1) is 0 Å². The molecular weight excluding hydrogens is 393 g/mol. The molecule has 0 saturated carbocycles. The maximum absolute atomic E-state index is 14.3. The summed E-state index contributed by atoms with van der Waals surface area (Å²) >= 11 is 1.73. The number of hydrogen-bond donors (Lipinski definition) is 0. The molecule has 20 heavy (non-hydrogen) atoms. The van der Waals surface area contributed by atoms with Crippen molar-refractivity contribution in [1.29, 1.82) is 0 Å². The van der Waals surface area contributed by atoms with Crippen LogP contribution in [-0.4, -0.2) is 30.5 Å². The normalized spacial score (nSPS) is 18.9. The summed E-state index contributed by atoms with van der Waals surface area (Å²) in [6.45, 7) is 0.0330. The van der Waals surface area contributed by atoms with Gasteiger partial charge in [-0.25, -0.2) is 9.37 Å². The van der Waals surface area contributed by atoms with Crippen LogP contribution in [0.4, 0.5) is 17.6 Å². The highest BCUT2D eigenvalue weighted by Crippen LogP contribution is 2.36. The van der Waals surface area contributed by atoms with Crippen molar-refractivity contribution in [2.45, 2.75) is 24.7 Å². The first kappa shape index (κ1) is 15.7. The van der Waals surface area contributed by atoms with E-state index >= 15 is 0 Å². The Balaban J connectivity index is 2.13. The lowest BCUT2D eigenvalue weighted by Gasteiger charge is -2.29. The highest BCUT2D eigenvalue weighted by atomic mass is 127. The Labute approximate surface area is 126 Å². The molecule has 0 N–H and O–H groups in total. The zero-order valence-corrected chi connectivity index (χ0v) is 12.5. The highest BCUT2D eigenvalue weighted by molar-refractivity contribution is 14.1. The van der Waals surface area contributed by atoms with Crippen molar-refractivity contribution in [3.8, 4) is 5.88 Å². The van der Waals surface area contributed by atoms with Crippen LogP contribution in [-0.2, 0) is 10.9 Å². The third-order valence-electron chi connectivity index (χ3n) is 2.98. The van der Waals surface area contributed by atoms with Gasteiger partial charge in [-0.05, 0) is 28.7 Å². The first-order valence-corrected chi connectivity index (χ1v) is 7.00. The molecule has 1 aromatic rings. The van der Waals surface area contributed by atoms with Crippen molar-refractivity contribution < 1.29 is 27.0 Å². The average Bonchev–Trinajstić information content (AvgIpc) is 2.37. The molecule has 3 nitrogen and oxygen atoms in total. The molecule has 0 aromatic carbocycles. The predicted molar refractivity (Wildman–Crippen MR) is 71.3 cm³/mol. The van der Waals surface area contributed by atoms with Crippen molar-refractivity contribution in [2.75, 3.05) is 19.8 Å². The summed E-state index contributed by atoms with van der Waals surface area (Å²) in [7, 11) is 0. The number of ether oxygens (including phenoxy) is 2. The third-order valence-corrected chi connectivity index (χ3v) is 3.57. The van der Waals surface area contributed by atoms with E-state index in [1.165, 1.54) is 6.20 Å². The minimum atomic E-state index is -4.58. The van der Waals surface area contributed by atoms with Crippen molar-refractivity contribution >= 4 is 22.6 Å². The Morgan fingerprint density at radius 1 is 1.35 bits per heavy atom. The van der Waals surface area contributed by atoms with Crippen molar-refractivity contribution in [1.82, 2.24) is 4.98 Å². The summed E-state index contributed by atoms with van der Waals surface area (Å²) in [6, 6.07) is 0.928. The second-order valence-corrected chi connectivity index (χ2v) is 5.80. The van der Waals surface area contributed by atoms with E-state index in [1.807, 2.05) is 0 Å². The van der Waals surface area contributed by atoms with Gasteiger partial charge in [0.25, 0.3) is 0 Å². The van der Waals surface area contributed by atoms with E-state index in [1.54, 1.807) is 22.6 Å². The zero-order valence-electron chi connectivity index (χ0n) is 10.3. The maximum atomic E-state index is 14.3. The zero-order chi connectivity index (χ0) is 14.8. The summed E-state index contributed by atoms with van der Waals surface area (Å²) < 4.78 is 63.2. The van der Waals surface area contributed by atoms with Gasteiger partial charge < -0.3 is 9.47 Å². The topological polar surface area (TPSA) is 31.4 Å². The van der Waals surface area contributed by atoms with Gasteiger partial charge in [-0.2, -0.15) is 13.2 Å². The lowest BCUT2D eigenvalue weighted by atomic mass is 9.98. The first-order valence-electron chi connectivity index (χ1n) is 5.92. The molecule has 0 unspecified atom stereocenters. The number of pyridine rings is 1. The van der Waals surface area contributed by atoms with Crippen LogP contribution in [0.3, 0.4) is 0 Å². The average molecular weight is 405 g/mol. The van der Waals surface area contributed by atoms with Gasteiger partial charge in [-0.3, -0.25) is 0 Å². The molecule has 2 rings (SSSR count). The molecule has 0 aliphatic carbocycles. The van der Waals surface area contributed by atoms with E-state index in [4.69, 9.17) is 9.47 Å². The molecule has 0 amide bonds. The van der Waals surface area contributed by atoms with E-state index < -0.39 is 29.9 Å². The smallest absolute Gasteiger partial charge is 0.421 e. The largest absolute Gasteiger partial charge is 0.474 e. The molecule has 0 spiro atoms. The van der Waals surface area contributed by atoms with E-state index in [0.717, 1.165) is 6.07 Å². The molecule has 0 radical (unpaired) electrons. The highest BCUT2D eigenvalue weighted by Gasteiger charge is 2.38. The molecule has 1 aliphatic heterocycles. The van der Waals surface area contributed by atoms with Crippen LogP contribution < -0.4 is 4.74 Å². The van der Waals surface area contributed by atoms with Crippen LogP contribution in [0.15, 0.2) is 12.3 Å². The maximum Gasteiger partial charge on any atom is 0.421 e. The van der Waals surface area contributed by atoms with E-state index in [2.05, 4.69) is 4.98 Å². The first-order chi connectivity index (χ1) is 9.30. The molecule has 2 heterocycles. The second-order valence-electron chi connectivity index (χ2n) is 4.56. The number of rotatable bonds is 3. The van der Waals surface area contributed by atoms with Gasteiger partial charge in [0.15, 0.2) is 0 Å². The standard InChI is InChI=1S/C12H12F4INO2/c13-11(1-3-19-4-2-11)7-20-10-9(12(14,15)16)5-8(17)6-18-10/h5-6H,1-4,7H2. The molecule has 0 bridgehead atoms. The number of hydrogen-bond acceptors (Lipinski definition) is 3. The van der Waals surface area contributed by atoms with Gasteiger partial charge in [0.2, 0.25) is 5.88 Å². The van der Waals surface area contributed by atoms with Crippen molar-refractivity contribution in [3.05, 3.63) is 21.4 Å². The van der Waals surface area contributed by atoms with Crippen LogP contribution in [0, 0.1) is 3.57 Å². The molecule has 1 aromatic heterocycles. The minimum Gasteiger partial charge on any atom is -0.474 e. The fourth-order valence-electron chi connectivity index (χ4n) is 1.82. The number of aromatic nitrogens is 1. The summed E-state index contributed by atoms with van der Waals surface area (Å²) in [6.07, 6.45) is -3.11. The van der Waals surface area contributed by atoms with Crippen LogP contribution in [0.25, 0.3) is 0 Å². The molecule has 1 aliphatic rings.